The number of carbonyl (C=O) groups is 1. The summed E-state index contributed by atoms with van der Waals surface area (Å²) in [4.78, 5) is 12.1. The van der Waals surface area contributed by atoms with Gasteiger partial charge in [-0.3, -0.25) is 4.79 Å². The average Bonchev–Trinajstić information content (AvgIpc) is 2.54. The van der Waals surface area contributed by atoms with Crippen LogP contribution in [0, 0.1) is 0 Å². The second-order valence-corrected chi connectivity index (χ2v) is 7.50. The Kier molecular flexibility index (Phi) is 5.19. The first-order valence-electron chi connectivity index (χ1n) is 7.03. The molecule has 2 aromatic rings. The molecule has 0 aliphatic rings. The van der Waals surface area contributed by atoms with Crippen LogP contribution in [-0.2, 0) is 16.2 Å². The summed E-state index contributed by atoms with van der Waals surface area (Å²) in [6.45, 7) is 0. The van der Waals surface area contributed by atoms with Crippen molar-refractivity contribution in [3.63, 3.8) is 0 Å². The van der Waals surface area contributed by atoms with Crippen LogP contribution in [-0.4, -0.2) is 32.7 Å². The third kappa shape index (κ3) is 4.37. The first kappa shape index (κ1) is 18.9. The number of nitrogens with zero attached hydrogens (tertiary/aromatic N) is 1. The second kappa shape index (κ2) is 6.85. The van der Waals surface area contributed by atoms with E-state index in [1.54, 1.807) is 0 Å². The number of amides is 1. The Bertz CT molecular complexity index is 876. The van der Waals surface area contributed by atoms with E-state index in [4.69, 9.17) is 0 Å². The van der Waals surface area contributed by atoms with Crippen molar-refractivity contribution in [2.24, 2.45) is 0 Å². The van der Waals surface area contributed by atoms with E-state index in [0.29, 0.717) is 0 Å². The van der Waals surface area contributed by atoms with Crippen LogP contribution in [0.3, 0.4) is 0 Å². The molecule has 1 N–H and O–H groups in total. The Morgan fingerprint density at radius 1 is 1.04 bits per heavy atom. The molecule has 0 aliphatic carbocycles. The smallest absolute Gasteiger partial charge is 0.322 e. The van der Waals surface area contributed by atoms with Gasteiger partial charge >= 0.3 is 6.18 Å². The molecule has 0 aliphatic heterocycles. The van der Waals surface area contributed by atoms with Gasteiger partial charge < -0.3 is 5.32 Å². The zero-order valence-corrected chi connectivity index (χ0v) is 14.1. The Morgan fingerprint density at radius 2 is 1.64 bits per heavy atom. The summed E-state index contributed by atoms with van der Waals surface area (Å²) in [6.07, 6.45) is -4.51. The SMILES string of the molecule is CN(C)S(=O)(=O)c1ccc(C(=O)Nc2cccc(C(F)(F)F)c2)cc1. The van der Waals surface area contributed by atoms with Crippen molar-refractivity contribution in [2.45, 2.75) is 11.1 Å². The van der Waals surface area contributed by atoms with Crippen molar-refractivity contribution in [3.8, 4) is 0 Å². The fourth-order valence-corrected chi connectivity index (χ4v) is 2.87. The predicted octanol–water partition coefficient (Wildman–Crippen LogP) is 3.21. The van der Waals surface area contributed by atoms with E-state index in [-0.39, 0.29) is 16.1 Å². The van der Waals surface area contributed by atoms with Crippen LogP contribution < -0.4 is 5.32 Å². The zero-order valence-electron chi connectivity index (χ0n) is 13.3. The molecule has 134 valence electrons. The number of anilines is 1. The fraction of sp³-hybridized carbons (Fsp3) is 0.188. The number of sulfonamides is 1. The highest BCUT2D eigenvalue weighted by Crippen LogP contribution is 2.30. The Labute approximate surface area is 143 Å². The Hall–Kier alpha value is -2.39. The summed E-state index contributed by atoms with van der Waals surface area (Å²) in [6, 6.07) is 9.34. The summed E-state index contributed by atoms with van der Waals surface area (Å²) in [7, 11) is -0.866. The second-order valence-electron chi connectivity index (χ2n) is 5.34. The largest absolute Gasteiger partial charge is 0.416 e. The summed E-state index contributed by atoms with van der Waals surface area (Å²) in [5.74, 6) is -0.645. The van der Waals surface area contributed by atoms with E-state index >= 15 is 0 Å². The van der Waals surface area contributed by atoms with Gasteiger partial charge in [-0.2, -0.15) is 13.2 Å². The number of hydrogen-bond acceptors (Lipinski definition) is 3. The van der Waals surface area contributed by atoms with Gasteiger partial charge in [0.1, 0.15) is 0 Å². The molecule has 0 bridgehead atoms. The quantitative estimate of drug-likeness (QED) is 0.896. The van der Waals surface area contributed by atoms with Gasteiger partial charge in [0.15, 0.2) is 0 Å². The molecule has 2 aromatic carbocycles. The molecule has 25 heavy (non-hydrogen) atoms. The monoisotopic (exact) mass is 372 g/mol. The number of halogens is 3. The van der Waals surface area contributed by atoms with E-state index in [0.717, 1.165) is 16.4 Å². The molecule has 0 heterocycles. The van der Waals surface area contributed by atoms with Crippen molar-refractivity contribution in [1.29, 1.82) is 0 Å². The van der Waals surface area contributed by atoms with Crippen LogP contribution in [0.4, 0.5) is 18.9 Å². The summed E-state index contributed by atoms with van der Waals surface area (Å²) in [5.41, 5.74) is -0.766. The van der Waals surface area contributed by atoms with Crippen LogP contribution in [0.2, 0.25) is 0 Å². The van der Waals surface area contributed by atoms with Crippen LogP contribution >= 0.6 is 0 Å². The van der Waals surface area contributed by atoms with Crippen molar-refractivity contribution in [2.75, 3.05) is 19.4 Å². The van der Waals surface area contributed by atoms with Crippen LogP contribution in [0.5, 0.6) is 0 Å². The maximum Gasteiger partial charge on any atom is 0.416 e. The minimum atomic E-state index is -4.51. The van der Waals surface area contributed by atoms with Crippen molar-refractivity contribution < 1.29 is 26.4 Å². The lowest BCUT2D eigenvalue weighted by Gasteiger charge is -2.12. The van der Waals surface area contributed by atoms with Gasteiger partial charge in [-0.15, -0.1) is 0 Å². The average molecular weight is 372 g/mol. The lowest BCUT2D eigenvalue weighted by Crippen LogP contribution is -2.22. The standard InChI is InChI=1S/C16H15F3N2O3S/c1-21(2)25(23,24)14-8-6-11(7-9-14)15(22)20-13-5-3-4-12(10-13)16(17,18)19/h3-10H,1-2H3,(H,20,22). The molecule has 0 saturated carbocycles. The Balaban J connectivity index is 2.20. The van der Waals surface area contributed by atoms with Gasteiger partial charge in [-0.1, -0.05) is 6.07 Å². The Morgan fingerprint density at radius 3 is 2.16 bits per heavy atom. The maximum absolute atomic E-state index is 12.7. The molecule has 0 aromatic heterocycles. The molecule has 9 heteroatoms. The van der Waals surface area contributed by atoms with Gasteiger partial charge in [0, 0.05) is 25.3 Å². The molecule has 1 amide bonds. The molecule has 0 spiro atoms. The van der Waals surface area contributed by atoms with Gasteiger partial charge in [0.2, 0.25) is 10.0 Å². The predicted molar refractivity (Wildman–Crippen MR) is 86.7 cm³/mol. The van der Waals surface area contributed by atoms with Crippen molar-refractivity contribution in [3.05, 3.63) is 59.7 Å². The lowest BCUT2D eigenvalue weighted by molar-refractivity contribution is -0.137. The molecule has 0 unspecified atom stereocenters. The highest BCUT2D eigenvalue weighted by atomic mass is 32.2. The number of hydrogen-bond donors (Lipinski definition) is 1. The summed E-state index contributed by atoms with van der Waals surface area (Å²) < 4.78 is 63.0. The first-order chi connectivity index (χ1) is 11.5. The van der Waals surface area contributed by atoms with E-state index in [1.807, 2.05) is 0 Å². The van der Waals surface area contributed by atoms with Gasteiger partial charge in [0.05, 0.1) is 10.5 Å². The highest BCUT2D eigenvalue weighted by Gasteiger charge is 2.30. The molecule has 0 radical (unpaired) electrons. The molecule has 0 fully saturated rings. The number of rotatable bonds is 4. The molecular formula is C16H15F3N2O3S. The fourth-order valence-electron chi connectivity index (χ4n) is 1.97. The minimum Gasteiger partial charge on any atom is -0.322 e. The van der Waals surface area contributed by atoms with Gasteiger partial charge in [-0.05, 0) is 42.5 Å². The van der Waals surface area contributed by atoms with Crippen LogP contribution in [0.1, 0.15) is 15.9 Å². The molecule has 5 nitrogen and oxygen atoms in total. The summed E-state index contributed by atoms with van der Waals surface area (Å²) >= 11 is 0. The van der Waals surface area contributed by atoms with Crippen molar-refractivity contribution >= 4 is 21.6 Å². The third-order valence-electron chi connectivity index (χ3n) is 3.34. The van der Waals surface area contributed by atoms with Crippen molar-refractivity contribution in [1.82, 2.24) is 4.31 Å². The van der Waals surface area contributed by atoms with E-state index in [2.05, 4.69) is 5.32 Å². The van der Waals surface area contributed by atoms with Gasteiger partial charge in [-0.25, -0.2) is 12.7 Å². The first-order valence-corrected chi connectivity index (χ1v) is 8.47. The number of nitrogens with one attached hydrogen (secondary N) is 1. The number of benzene rings is 2. The normalized spacial score (nSPS) is 12.2. The number of carbonyl (C=O) groups excluding carboxylic acids is 1. The lowest BCUT2D eigenvalue weighted by atomic mass is 10.1. The molecule has 2 rings (SSSR count). The van der Waals surface area contributed by atoms with E-state index in [9.17, 15) is 26.4 Å². The molecule has 0 atom stereocenters. The zero-order chi connectivity index (χ0) is 18.8. The minimum absolute atomic E-state index is 0.00752. The van der Waals surface area contributed by atoms with E-state index in [1.165, 1.54) is 50.5 Å². The summed E-state index contributed by atoms with van der Waals surface area (Å²) in [5, 5.41) is 2.35. The molecule has 0 saturated heterocycles. The third-order valence-corrected chi connectivity index (χ3v) is 5.17. The van der Waals surface area contributed by atoms with Crippen LogP contribution in [0.15, 0.2) is 53.4 Å². The highest BCUT2D eigenvalue weighted by molar-refractivity contribution is 7.89. The molecular weight excluding hydrogens is 357 g/mol. The maximum atomic E-state index is 12.7. The van der Waals surface area contributed by atoms with Gasteiger partial charge in [0.25, 0.3) is 5.91 Å². The van der Waals surface area contributed by atoms with Crippen LogP contribution in [0.25, 0.3) is 0 Å². The topological polar surface area (TPSA) is 66.5 Å². The van der Waals surface area contributed by atoms with E-state index < -0.39 is 27.7 Å². The number of alkyl halides is 3.